The lowest BCUT2D eigenvalue weighted by molar-refractivity contribution is 0.488. The van der Waals surface area contributed by atoms with Crippen molar-refractivity contribution in [2.24, 2.45) is 5.73 Å². The van der Waals surface area contributed by atoms with Gasteiger partial charge in [-0.1, -0.05) is 24.6 Å². The first-order valence-corrected chi connectivity index (χ1v) is 6.75. The van der Waals surface area contributed by atoms with Gasteiger partial charge in [0.2, 0.25) is 0 Å². The van der Waals surface area contributed by atoms with Crippen LogP contribution in [0.25, 0.3) is 0 Å². The third-order valence-corrected chi connectivity index (χ3v) is 3.97. The molecule has 17 heavy (non-hydrogen) atoms. The molecule has 2 atom stereocenters. The molecule has 2 heteroatoms. The molecule has 1 heterocycles. The van der Waals surface area contributed by atoms with E-state index in [1.807, 2.05) is 0 Å². The first-order chi connectivity index (χ1) is 8.13. The summed E-state index contributed by atoms with van der Waals surface area (Å²) in [5.74, 6) is 0. The smallest absolute Gasteiger partial charge is 0.0412 e. The first-order valence-electron chi connectivity index (χ1n) is 6.75. The predicted octanol–water partition coefficient (Wildman–Crippen LogP) is 2.87. The summed E-state index contributed by atoms with van der Waals surface area (Å²) in [6.07, 6.45) is 3.50. The molecule has 2 unspecified atom stereocenters. The van der Waals surface area contributed by atoms with E-state index in [9.17, 15) is 0 Å². The minimum Gasteiger partial charge on any atom is -0.367 e. The van der Waals surface area contributed by atoms with Gasteiger partial charge in [0.05, 0.1) is 0 Å². The van der Waals surface area contributed by atoms with Crippen molar-refractivity contribution in [2.75, 3.05) is 11.4 Å². The number of hydrogen-bond donors (Lipinski definition) is 1. The summed E-state index contributed by atoms with van der Waals surface area (Å²) in [5, 5.41) is 0. The van der Waals surface area contributed by atoms with E-state index in [0.29, 0.717) is 6.04 Å². The van der Waals surface area contributed by atoms with E-state index < -0.39 is 0 Å². The van der Waals surface area contributed by atoms with Crippen LogP contribution in [-0.2, 0) is 6.42 Å². The van der Waals surface area contributed by atoms with Gasteiger partial charge in [-0.25, -0.2) is 0 Å². The van der Waals surface area contributed by atoms with Crippen LogP contribution in [0.4, 0.5) is 5.69 Å². The highest BCUT2D eigenvalue weighted by atomic mass is 15.2. The maximum Gasteiger partial charge on any atom is 0.0412 e. The van der Waals surface area contributed by atoms with E-state index in [1.54, 1.807) is 0 Å². The molecule has 0 spiro atoms. The Morgan fingerprint density at radius 1 is 1.41 bits per heavy atom. The monoisotopic (exact) mass is 232 g/mol. The molecule has 0 bridgehead atoms. The molecule has 2 N–H and O–H groups in total. The molecule has 1 aliphatic heterocycles. The van der Waals surface area contributed by atoms with Crippen LogP contribution in [0, 0.1) is 6.92 Å². The normalized spacial score (nSPS) is 18.7. The second-order valence-electron chi connectivity index (χ2n) is 5.24. The number of nitrogens with zero attached hydrogens (tertiary/aromatic N) is 1. The van der Waals surface area contributed by atoms with E-state index in [1.165, 1.54) is 29.7 Å². The second-order valence-corrected chi connectivity index (χ2v) is 5.24. The number of hydrogen-bond acceptors (Lipinski definition) is 2. The van der Waals surface area contributed by atoms with Crippen molar-refractivity contribution < 1.29 is 0 Å². The third kappa shape index (κ3) is 2.47. The third-order valence-electron chi connectivity index (χ3n) is 3.97. The molecule has 1 aromatic carbocycles. The van der Waals surface area contributed by atoms with E-state index in [-0.39, 0.29) is 6.04 Å². The standard InChI is InChI=1S/C15H24N2/c1-4-14(16)12(3)17-9-5-6-13-10-11(2)7-8-15(13)17/h7-8,10,12,14H,4-6,9,16H2,1-3H3. The van der Waals surface area contributed by atoms with Crippen molar-refractivity contribution in [3.63, 3.8) is 0 Å². The Morgan fingerprint density at radius 2 is 2.18 bits per heavy atom. The van der Waals surface area contributed by atoms with E-state index in [0.717, 1.165) is 13.0 Å². The van der Waals surface area contributed by atoms with Crippen LogP contribution < -0.4 is 10.6 Å². The molecule has 1 aliphatic rings. The molecule has 0 saturated carbocycles. The van der Waals surface area contributed by atoms with Crippen LogP contribution in [0.2, 0.25) is 0 Å². The average Bonchev–Trinajstić information content (AvgIpc) is 2.35. The van der Waals surface area contributed by atoms with Gasteiger partial charge in [0.1, 0.15) is 0 Å². The molecule has 0 radical (unpaired) electrons. The van der Waals surface area contributed by atoms with Gasteiger partial charge in [-0.05, 0) is 44.7 Å². The summed E-state index contributed by atoms with van der Waals surface area (Å²) < 4.78 is 0. The Bertz CT molecular complexity index is 387. The van der Waals surface area contributed by atoms with Gasteiger partial charge in [-0.15, -0.1) is 0 Å². The highest BCUT2D eigenvalue weighted by Gasteiger charge is 2.24. The van der Waals surface area contributed by atoms with Crippen molar-refractivity contribution in [1.29, 1.82) is 0 Å². The van der Waals surface area contributed by atoms with Crippen molar-refractivity contribution in [3.05, 3.63) is 29.3 Å². The minimum absolute atomic E-state index is 0.266. The Balaban J connectivity index is 2.28. The van der Waals surface area contributed by atoms with Gasteiger partial charge in [-0.3, -0.25) is 0 Å². The second kappa shape index (κ2) is 5.09. The lowest BCUT2D eigenvalue weighted by Gasteiger charge is -2.39. The molecule has 0 aliphatic carbocycles. The number of nitrogens with two attached hydrogens (primary N) is 1. The zero-order valence-corrected chi connectivity index (χ0v) is 11.2. The fourth-order valence-corrected chi connectivity index (χ4v) is 2.75. The van der Waals surface area contributed by atoms with Crippen molar-refractivity contribution in [3.8, 4) is 0 Å². The molecule has 2 rings (SSSR count). The van der Waals surface area contributed by atoms with E-state index in [2.05, 4.69) is 43.9 Å². The summed E-state index contributed by atoms with van der Waals surface area (Å²) in [6.45, 7) is 7.73. The molecule has 2 nitrogen and oxygen atoms in total. The average molecular weight is 232 g/mol. The molecule has 0 saturated heterocycles. The Hall–Kier alpha value is -1.02. The quantitative estimate of drug-likeness (QED) is 0.868. The highest BCUT2D eigenvalue weighted by Crippen LogP contribution is 2.30. The van der Waals surface area contributed by atoms with Gasteiger partial charge < -0.3 is 10.6 Å². The lowest BCUT2D eigenvalue weighted by atomic mass is 9.96. The molecule has 94 valence electrons. The molecule has 1 aromatic rings. The SMILES string of the molecule is CCC(N)C(C)N1CCCc2cc(C)ccc21. The van der Waals surface area contributed by atoms with Crippen molar-refractivity contribution in [1.82, 2.24) is 0 Å². The summed E-state index contributed by atoms with van der Waals surface area (Å²) >= 11 is 0. The maximum atomic E-state index is 6.19. The number of benzene rings is 1. The Morgan fingerprint density at radius 3 is 2.88 bits per heavy atom. The summed E-state index contributed by atoms with van der Waals surface area (Å²) in [7, 11) is 0. The fraction of sp³-hybridized carbons (Fsp3) is 0.600. The first kappa shape index (κ1) is 12.4. The van der Waals surface area contributed by atoms with Gasteiger partial charge in [0.25, 0.3) is 0 Å². The Labute approximate surface area is 105 Å². The number of anilines is 1. The maximum absolute atomic E-state index is 6.19. The van der Waals surface area contributed by atoms with Gasteiger partial charge in [0, 0.05) is 24.3 Å². The fourth-order valence-electron chi connectivity index (χ4n) is 2.75. The van der Waals surface area contributed by atoms with Crippen LogP contribution in [0.15, 0.2) is 18.2 Å². The molecule has 0 aromatic heterocycles. The van der Waals surface area contributed by atoms with Crippen molar-refractivity contribution in [2.45, 2.75) is 52.1 Å². The minimum atomic E-state index is 0.266. The molecular weight excluding hydrogens is 208 g/mol. The van der Waals surface area contributed by atoms with Gasteiger partial charge >= 0.3 is 0 Å². The topological polar surface area (TPSA) is 29.3 Å². The predicted molar refractivity (Wildman–Crippen MR) is 74.6 cm³/mol. The molecule has 0 amide bonds. The summed E-state index contributed by atoms with van der Waals surface area (Å²) in [4.78, 5) is 2.49. The molecular formula is C15H24N2. The summed E-state index contributed by atoms with van der Waals surface area (Å²) in [5.41, 5.74) is 10.4. The van der Waals surface area contributed by atoms with Crippen LogP contribution in [-0.4, -0.2) is 18.6 Å². The number of aryl methyl sites for hydroxylation is 2. The van der Waals surface area contributed by atoms with Crippen LogP contribution in [0.1, 0.15) is 37.8 Å². The summed E-state index contributed by atoms with van der Waals surface area (Å²) in [6, 6.07) is 7.50. The Kier molecular flexibility index (Phi) is 3.72. The van der Waals surface area contributed by atoms with E-state index in [4.69, 9.17) is 5.73 Å². The van der Waals surface area contributed by atoms with Crippen LogP contribution >= 0.6 is 0 Å². The van der Waals surface area contributed by atoms with Gasteiger partial charge in [-0.2, -0.15) is 0 Å². The highest BCUT2D eigenvalue weighted by molar-refractivity contribution is 5.57. The number of fused-ring (bicyclic) bond motifs is 1. The number of rotatable bonds is 3. The van der Waals surface area contributed by atoms with Crippen LogP contribution in [0.3, 0.4) is 0 Å². The van der Waals surface area contributed by atoms with Gasteiger partial charge in [0.15, 0.2) is 0 Å². The zero-order valence-electron chi connectivity index (χ0n) is 11.2. The lowest BCUT2D eigenvalue weighted by Crippen LogP contribution is -2.47. The van der Waals surface area contributed by atoms with Crippen molar-refractivity contribution >= 4 is 5.69 Å². The largest absolute Gasteiger partial charge is 0.367 e. The molecule has 0 fully saturated rings. The zero-order chi connectivity index (χ0) is 12.4. The van der Waals surface area contributed by atoms with E-state index >= 15 is 0 Å². The van der Waals surface area contributed by atoms with Crippen LogP contribution in [0.5, 0.6) is 0 Å².